The number of halogens is 2. The molecule has 5 nitrogen and oxygen atoms in total. The molecule has 0 aromatic heterocycles. The van der Waals surface area contributed by atoms with E-state index in [0.29, 0.717) is 18.5 Å². The smallest absolute Gasteiger partial charge is 0.338 e. The van der Waals surface area contributed by atoms with Crippen molar-refractivity contribution in [3.8, 4) is 0 Å². The maximum Gasteiger partial charge on any atom is 0.338 e. The van der Waals surface area contributed by atoms with E-state index < -0.39 is 27.4 Å². The van der Waals surface area contributed by atoms with E-state index in [4.69, 9.17) is 5.11 Å². The highest BCUT2D eigenvalue weighted by Gasteiger charge is 2.25. The largest absolute Gasteiger partial charge is 0.478 e. The second-order valence-corrected chi connectivity index (χ2v) is 9.33. The van der Waals surface area contributed by atoms with Gasteiger partial charge in [0.25, 0.3) is 0 Å². The number of hydrogen-bond donors (Lipinski definition) is 1. The third kappa shape index (κ3) is 5.86. The maximum absolute atomic E-state index is 13.7. The Morgan fingerprint density at radius 3 is 2.39 bits per heavy atom. The van der Waals surface area contributed by atoms with E-state index in [-0.39, 0.29) is 11.4 Å². The summed E-state index contributed by atoms with van der Waals surface area (Å²) in [5, 5.41) is 9.11. The third-order valence-electron chi connectivity index (χ3n) is 4.33. The summed E-state index contributed by atoms with van der Waals surface area (Å²) < 4.78 is 42.0. The Balaban J connectivity index is 2.32. The Bertz CT molecular complexity index is 916. The number of carboxylic acids is 1. The highest BCUT2D eigenvalue weighted by Crippen LogP contribution is 2.22. The van der Waals surface area contributed by atoms with Gasteiger partial charge in [0, 0.05) is 17.6 Å². The van der Waals surface area contributed by atoms with Gasteiger partial charge in [-0.05, 0) is 48.4 Å². The van der Waals surface area contributed by atoms with Crippen molar-refractivity contribution in [2.24, 2.45) is 0 Å². The lowest BCUT2D eigenvalue weighted by Crippen LogP contribution is -2.31. The summed E-state index contributed by atoms with van der Waals surface area (Å²) in [6.07, 6.45) is 3.62. The lowest BCUT2D eigenvalue weighted by atomic mass is 10.1. The van der Waals surface area contributed by atoms with E-state index in [1.165, 1.54) is 28.6 Å². The predicted molar refractivity (Wildman–Crippen MR) is 109 cm³/mol. The van der Waals surface area contributed by atoms with Gasteiger partial charge in [0.2, 0.25) is 10.0 Å². The van der Waals surface area contributed by atoms with Crippen LogP contribution in [0.25, 0.3) is 0 Å². The van der Waals surface area contributed by atoms with Gasteiger partial charge in [-0.3, -0.25) is 0 Å². The monoisotopic (exact) mass is 471 g/mol. The molecule has 0 aliphatic rings. The molecule has 0 heterocycles. The average molecular weight is 472 g/mol. The van der Waals surface area contributed by atoms with Crippen LogP contribution >= 0.6 is 15.9 Å². The third-order valence-corrected chi connectivity index (χ3v) is 6.72. The molecule has 0 bridgehead atoms. The molecule has 152 valence electrons. The Morgan fingerprint density at radius 1 is 1.11 bits per heavy atom. The fraction of sp³-hybridized carbons (Fsp3) is 0.350. The van der Waals surface area contributed by atoms with Crippen LogP contribution in [0, 0.1) is 5.82 Å². The Morgan fingerprint density at radius 2 is 1.79 bits per heavy atom. The molecular weight excluding hydrogens is 449 g/mol. The minimum absolute atomic E-state index is 0.0227. The van der Waals surface area contributed by atoms with E-state index >= 15 is 0 Å². The zero-order valence-corrected chi connectivity index (χ0v) is 18.0. The number of aromatic carboxylic acids is 1. The van der Waals surface area contributed by atoms with Crippen molar-refractivity contribution < 1.29 is 22.7 Å². The zero-order chi connectivity index (χ0) is 20.7. The molecule has 2 aromatic rings. The molecule has 28 heavy (non-hydrogen) atoms. The van der Waals surface area contributed by atoms with Gasteiger partial charge in [0.05, 0.1) is 10.5 Å². The van der Waals surface area contributed by atoms with Crippen molar-refractivity contribution in [1.82, 2.24) is 4.31 Å². The fourth-order valence-corrected chi connectivity index (χ4v) is 4.52. The number of sulfonamides is 1. The van der Waals surface area contributed by atoms with Crippen LogP contribution in [0.5, 0.6) is 0 Å². The summed E-state index contributed by atoms with van der Waals surface area (Å²) in [5.41, 5.74) is -0.0422. The summed E-state index contributed by atoms with van der Waals surface area (Å²) in [4.78, 5) is 11.3. The molecule has 2 rings (SSSR count). The number of benzene rings is 2. The number of hydrogen-bond acceptors (Lipinski definition) is 3. The molecule has 0 aliphatic carbocycles. The lowest BCUT2D eigenvalue weighted by Gasteiger charge is -2.23. The summed E-state index contributed by atoms with van der Waals surface area (Å²) in [5.74, 6) is -2.23. The minimum Gasteiger partial charge on any atom is -0.478 e. The molecule has 0 atom stereocenters. The first-order valence-electron chi connectivity index (χ1n) is 9.03. The second-order valence-electron chi connectivity index (χ2n) is 6.47. The van der Waals surface area contributed by atoms with Crippen LogP contribution < -0.4 is 0 Å². The molecule has 0 saturated heterocycles. The average Bonchev–Trinajstić information content (AvgIpc) is 2.65. The van der Waals surface area contributed by atoms with Crippen LogP contribution in [0.15, 0.2) is 51.8 Å². The van der Waals surface area contributed by atoms with E-state index in [1.54, 1.807) is 12.1 Å². The van der Waals surface area contributed by atoms with Crippen LogP contribution in [-0.4, -0.2) is 30.3 Å². The summed E-state index contributed by atoms with van der Waals surface area (Å²) >= 11 is 3.29. The van der Waals surface area contributed by atoms with Crippen molar-refractivity contribution in [2.45, 2.75) is 44.0 Å². The number of carboxylic acid groups (broad SMARTS) is 1. The molecule has 0 aliphatic heterocycles. The number of rotatable bonds is 10. The van der Waals surface area contributed by atoms with Crippen molar-refractivity contribution in [1.29, 1.82) is 0 Å². The zero-order valence-electron chi connectivity index (χ0n) is 15.6. The Labute approximate surface area is 173 Å². The standard InChI is InChI=1S/C20H23BrFNO4S/c1-2-3-4-5-12-23(28(26,27)17-9-7-16(21)8-10-17)14-15-6-11-19(22)18(13-15)20(24)25/h6-11,13H,2-5,12,14H2,1H3,(H,24,25). The molecule has 0 saturated carbocycles. The van der Waals surface area contributed by atoms with Crippen molar-refractivity contribution in [2.75, 3.05) is 6.54 Å². The van der Waals surface area contributed by atoms with Gasteiger partial charge in [-0.1, -0.05) is 48.2 Å². The molecule has 0 radical (unpaired) electrons. The minimum atomic E-state index is -3.78. The quantitative estimate of drug-likeness (QED) is 0.491. The topological polar surface area (TPSA) is 74.7 Å². The van der Waals surface area contributed by atoms with Gasteiger partial charge in [-0.15, -0.1) is 0 Å². The Kier molecular flexibility index (Phi) is 8.15. The number of unbranched alkanes of at least 4 members (excludes halogenated alkanes) is 3. The second kappa shape index (κ2) is 10.1. The first-order valence-corrected chi connectivity index (χ1v) is 11.3. The van der Waals surface area contributed by atoms with Gasteiger partial charge < -0.3 is 5.11 Å². The maximum atomic E-state index is 13.7. The van der Waals surface area contributed by atoms with Crippen LogP contribution in [0.3, 0.4) is 0 Å². The molecule has 0 unspecified atom stereocenters. The normalized spacial score (nSPS) is 11.7. The van der Waals surface area contributed by atoms with E-state index in [9.17, 15) is 17.6 Å². The number of carbonyl (C=O) groups is 1. The van der Waals surface area contributed by atoms with Gasteiger partial charge in [-0.25, -0.2) is 17.6 Å². The fourth-order valence-electron chi connectivity index (χ4n) is 2.79. The molecular formula is C20H23BrFNO4S. The van der Waals surface area contributed by atoms with Crippen molar-refractivity contribution in [3.63, 3.8) is 0 Å². The number of nitrogens with zero attached hydrogens (tertiary/aromatic N) is 1. The van der Waals surface area contributed by atoms with Crippen molar-refractivity contribution in [3.05, 3.63) is 63.9 Å². The lowest BCUT2D eigenvalue weighted by molar-refractivity contribution is 0.0691. The first-order chi connectivity index (χ1) is 13.3. The molecule has 8 heteroatoms. The van der Waals surface area contributed by atoms with Gasteiger partial charge in [0.1, 0.15) is 5.82 Å². The van der Waals surface area contributed by atoms with Crippen LogP contribution in [0.4, 0.5) is 4.39 Å². The Hall–Kier alpha value is -1.77. The molecule has 0 amide bonds. The first kappa shape index (κ1) is 22.5. The highest BCUT2D eigenvalue weighted by molar-refractivity contribution is 9.10. The summed E-state index contributed by atoms with van der Waals surface area (Å²) in [7, 11) is -3.78. The molecule has 0 fully saturated rings. The SMILES string of the molecule is CCCCCCN(Cc1ccc(F)c(C(=O)O)c1)S(=O)(=O)c1ccc(Br)cc1. The van der Waals surface area contributed by atoms with Gasteiger partial charge in [0.15, 0.2) is 0 Å². The van der Waals surface area contributed by atoms with Gasteiger partial charge in [-0.2, -0.15) is 4.31 Å². The van der Waals surface area contributed by atoms with Crippen LogP contribution in [-0.2, 0) is 16.6 Å². The summed E-state index contributed by atoms with van der Waals surface area (Å²) in [6, 6.07) is 10.0. The van der Waals surface area contributed by atoms with E-state index in [2.05, 4.69) is 22.9 Å². The molecule has 2 aromatic carbocycles. The van der Waals surface area contributed by atoms with Gasteiger partial charge >= 0.3 is 5.97 Å². The van der Waals surface area contributed by atoms with E-state index in [0.717, 1.165) is 29.8 Å². The molecule has 1 N–H and O–H groups in total. The highest BCUT2D eigenvalue weighted by atomic mass is 79.9. The van der Waals surface area contributed by atoms with E-state index in [1.807, 2.05) is 0 Å². The van der Waals surface area contributed by atoms with Crippen molar-refractivity contribution >= 4 is 31.9 Å². The van der Waals surface area contributed by atoms with Crippen LogP contribution in [0.2, 0.25) is 0 Å². The summed E-state index contributed by atoms with van der Waals surface area (Å²) in [6.45, 7) is 2.35. The van der Waals surface area contributed by atoms with Crippen LogP contribution in [0.1, 0.15) is 48.5 Å². The predicted octanol–water partition coefficient (Wildman–Crippen LogP) is 5.06. The molecule has 0 spiro atoms.